The molecule has 1 N–H and O–H groups in total. The number of rotatable bonds is 6. The molecule has 0 saturated carbocycles. The molecule has 0 spiro atoms. The van der Waals surface area contributed by atoms with Crippen molar-refractivity contribution in [3.63, 3.8) is 0 Å². The van der Waals surface area contributed by atoms with Gasteiger partial charge in [-0.3, -0.25) is 14.4 Å². The van der Waals surface area contributed by atoms with Gasteiger partial charge in [0, 0.05) is 30.0 Å². The number of carbonyl (C=O) groups excluding carboxylic acids is 3. The number of carbonyl (C=O) groups is 3. The van der Waals surface area contributed by atoms with Crippen LogP contribution in [0, 0.1) is 0 Å². The molecule has 6 nitrogen and oxygen atoms in total. The maximum Gasteiger partial charge on any atom is 0.266 e. The highest BCUT2D eigenvalue weighted by atomic mass is 16.2. The average molecular weight is 413 g/mol. The highest BCUT2D eigenvalue weighted by Crippen LogP contribution is 2.29. The number of nitrogens with one attached hydrogen (secondary N) is 1. The molecule has 3 aromatic rings. The molecule has 0 atom stereocenters. The van der Waals surface area contributed by atoms with E-state index in [0.29, 0.717) is 28.1 Å². The predicted molar refractivity (Wildman–Crippen MR) is 122 cm³/mol. The van der Waals surface area contributed by atoms with Crippen molar-refractivity contribution in [1.82, 2.24) is 0 Å². The Morgan fingerprint density at radius 2 is 1.45 bits per heavy atom. The van der Waals surface area contributed by atoms with Crippen LogP contribution in [-0.2, 0) is 0 Å². The molecule has 6 heteroatoms. The van der Waals surface area contributed by atoms with Crippen LogP contribution < -0.4 is 15.1 Å². The van der Waals surface area contributed by atoms with Gasteiger partial charge in [-0.1, -0.05) is 18.2 Å². The first-order valence-electron chi connectivity index (χ1n) is 10.3. The van der Waals surface area contributed by atoms with Crippen LogP contribution in [0.5, 0.6) is 0 Å². The van der Waals surface area contributed by atoms with E-state index in [0.717, 1.165) is 23.7 Å². The number of benzene rings is 3. The van der Waals surface area contributed by atoms with Gasteiger partial charge in [0.2, 0.25) is 0 Å². The number of hydrogen-bond acceptors (Lipinski definition) is 4. The summed E-state index contributed by atoms with van der Waals surface area (Å²) in [5, 5.41) is 2.87. The molecule has 3 aromatic carbocycles. The van der Waals surface area contributed by atoms with Crippen molar-refractivity contribution in [3.8, 4) is 0 Å². The molecule has 1 aliphatic rings. The van der Waals surface area contributed by atoms with E-state index in [2.05, 4.69) is 24.1 Å². The van der Waals surface area contributed by atoms with Gasteiger partial charge in [0.25, 0.3) is 17.7 Å². The van der Waals surface area contributed by atoms with Crippen LogP contribution in [0.3, 0.4) is 0 Å². The fraction of sp³-hybridized carbons (Fsp3) is 0.160. The second-order valence-electron chi connectivity index (χ2n) is 7.21. The highest BCUT2D eigenvalue weighted by Gasteiger charge is 2.36. The molecular formula is C25H23N3O3. The zero-order valence-electron chi connectivity index (χ0n) is 17.5. The predicted octanol–water partition coefficient (Wildman–Crippen LogP) is 4.59. The summed E-state index contributed by atoms with van der Waals surface area (Å²) >= 11 is 0. The molecule has 0 bridgehead atoms. The third-order valence-electron chi connectivity index (χ3n) is 5.41. The fourth-order valence-electron chi connectivity index (χ4n) is 3.76. The molecule has 0 aliphatic carbocycles. The highest BCUT2D eigenvalue weighted by molar-refractivity contribution is 6.34. The molecule has 0 aromatic heterocycles. The van der Waals surface area contributed by atoms with Gasteiger partial charge in [0.05, 0.1) is 16.8 Å². The third kappa shape index (κ3) is 3.80. The second-order valence-corrected chi connectivity index (χ2v) is 7.21. The van der Waals surface area contributed by atoms with E-state index in [1.807, 2.05) is 24.3 Å². The molecule has 1 aliphatic heterocycles. The van der Waals surface area contributed by atoms with Crippen molar-refractivity contribution in [1.29, 1.82) is 0 Å². The van der Waals surface area contributed by atoms with Gasteiger partial charge in [-0.2, -0.15) is 0 Å². The Balaban J connectivity index is 1.53. The lowest BCUT2D eigenvalue weighted by molar-refractivity contribution is 0.0924. The van der Waals surface area contributed by atoms with E-state index >= 15 is 0 Å². The minimum absolute atomic E-state index is 0.311. The lowest BCUT2D eigenvalue weighted by atomic mass is 10.1. The number of hydrogen-bond donors (Lipinski definition) is 1. The summed E-state index contributed by atoms with van der Waals surface area (Å²) in [6.45, 7) is 6.01. The Hall–Kier alpha value is -3.93. The summed E-state index contributed by atoms with van der Waals surface area (Å²) in [6, 6.07) is 20.9. The quantitative estimate of drug-likeness (QED) is 0.601. The Labute approximate surface area is 181 Å². The van der Waals surface area contributed by atoms with Crippen molar-refractivity contribution in [2.75, 3.05) is 28.2 Å². The van der Waals surface area contributed by atoms with Gasteiger partial charge in [0.15, 0.2) is 0 Å². The Bertz CT molecular complexity index is 1120. The van der Waals surface area contributed by atoms with Crippen molar-refractivity contribution in [2.45, 2.75) is 13.8 Å². The summed E-state index contributed by atoms with van der Waals surface area (Å²) in [7, 11) is 0. The van der Waals surface area contributed by atoms with E-state index in [1.54, 1.807) is 48.5 Å². The van der Waals surface area contributed by atoms with E-state index in [4.69, 9.17) is 0 Å². The maximum absolute atomic E-state index is 12.8. The molecule has 31 heavy (non-hydrogen) atoms. The lowest BCUT2D eigenvalue weighted by Gasteiger charge is -2.21. The van der Waals surface area contributed by atoms with Crippen molar-refractivity contribution in [2.24, 2.45) is 0 Å². The molecule has 1 heterocycles. The van der Waals surface area contributed by atoms with E-state index in [9.17, 15) is 14.4 Å². The third-order valence-corrected chi connectivity index (χ3v) is 5.41. The number of nitrogens with zero attached hydrogens (tertiary/aromatic N) is 2. The monoisotopic (exact) mass is 413 g/mol. The Morgan fingerprint density at radius 3 is 2.03 bits per heavy atom. The first kappa shape index (κ1) is 20.3. The van der Waals surface area contributed by atoms with E-state index < -0.39 is 0 Å². The molecule has 0 fully saturated rings. The standard InChI is InChI=1S/C25H23N3O3/c1-3-27(4-2)19-14-12-18(13-15-19)26-23(29)17-8-7-9-20(16-17)28-24(30)21-10-5-6-11-22(21)25(28)31/h5-16H,3-4H2,1-2H3,(H,26,29). The maximum atomic E-state index is 12.8. The Kier molecular flexibility index (Phi) is 5.54. The number of fused-ring (bicyclic) bond motifs is 1. The van der Waals surface area contributed by atoms with Crippen molar-refractivity contribution < 1.29 is 14.4 Å². The van der Waals surface area contributed by atoms with Crippen LogP contribution in [0.15, 0.2) is 72.8 Å². The normalized spacial score (nSPS) is 12.6. The van der Waals surface area contributed by atoms with Gasteiger partial charge in [-0.05, 0) is 68.4 Å². The molecule has 0 unspecified atom stereocenters. The number of amides is 3. The molecular weight excluding hydrogens is 390 g/mol. The summed E-state index contributed by atoms with van der Waals surface area (Å²) in [4.78, 5) is 41.5. The summed E-state index contributed by atoms with van der Waals surface area (Å²) in [5.41, 5.74) is 3.24. The average Bonchev–Trinajstić information content (AvgIpc) is 3.06. The smallest absolute Gasteiger partial charge is 0.266 e. The molecule has 4 rings (SSSR count). The second kappa shape index (κ2) is 8.44. The van der Waals surface area contributed by atoms with Crippen LogP contribution in [0.1, 0.15) is 44.9 Å². The van der Waals surface area contributed by atoms with Crippen LogP contribution in [0.2, 0.25) is 0 Å². The van der Waals surface area contributed by atoms with Crippen LogP contribution >= 0.6 is 0 Å². The topological polar surface area (TPSA) is 69.7 Å². The van der Waals surface area contributed by atoms with Gasteiger partial charge in [0.1, 0.15) is 0 Å². The SMILES string of the molecule is CCN(CC)c1ccc(NC(=O)c2cccc(N3C(=O)c4ccccc4C3=O)c2)cc1. The van der Waals surface area contributed by atoms with Gasteiger partial charge >= 0.3 is 0 Å². The summed E-state index contributed by atoms with van der Waals surface area (Å²) < 4.78 is 0. The number of anilines is 3. The first-order chi connectivity index (χ1) is 15.0. The van der Waals surface area contributed by atoms with Crippen molar-refractivity contribution >= 4 is 34.8 Å². The van der Waals surface area contributed by atoms with E-state index in [-0.39, 0.29) is 17.7 Å². The van der Waals surface area contributed by atoms with Crippen LogP contribution in [0.4, 0.5) is 17.1 Å². The Morgan fingerprint density at radius 1 is 0.839 bits per heavy atom. The minimum atomic E-state index is -0.384. The molecule has 0 radical (unpaired) electrons. The van der Waals surface area contributed by atoms with Crippen molar-refractivity contribution in [3.05, 3.63) is 89.5 Å². The first-order valence-corrected chi connectivity index (χ1v) is 10.3. The van der Waals surface area contributed by atoms with Gasteiger partial charge in [-0.25, -0.2) is 4.90 Å². The minimum Gasteiger partial charge on any atom is -0.372 e. The van der Waals surface area contributed by atoms with Crippen LogP contribution in [-0.4, -0.2) is 30.8 Å². The summed E-state index contributed by atoms with van der Waals surface area (Å²) in [6.07, 6.45) is 0. The fourth-order valence-corrected chi connectivity index (χ4v) is 3.76. The van der Waals surface area contributed by atoms with Crippen LogP contribution in [0.25, 0.3) is 0 Å². The van der Waals surface area contributed by atoms with E-state index in [1.165, 1.54) is 0 Å². The lowest BCUT2D eigenvalue weighted by Crippen LogP contribution is -2.29. The zero-order valence-corrected chi connectivity index (χ0v) is 17.5. The molecule has 0 saturated heterocycles. The van der Waals surface area contributed by atoms with Gasteiger partial charge in [-0.15, -0.1) is 0 Å². The zero-order chi connectivity index (χ0) is 22.0. The summed E-state index contributed by atoms with van der Waals surface area (Å²) in [5.74, 6) is -1.08. The molecule has 156 valence electrons. The largest absolute Gasteiger partial charge is 0.372 e. The molecule has 3 amide bonds. The van der Waals surface area contributed by atoms with Gasteiger partial charge < -0.3 is 10.2 Å². The number of imide groups is 1.